The van der Waals surface area contributed by atoms with E-state index in [1.807, 2.05) is 0 Å². The van der Waals surface area contributed by atoms with E-state index in [0.717, 1.165) is 0 Å². The average Bonchev–Trinajstić information content (AvgIpc) is 2.67. The molecule has 0 radical (unpaired) electrons. The molecule has 0 unspecified atom stereocenters. The summed E-state index contributed by atoms with van der Waals surface area (Å²) in [6.07, 6.45) is 3.40. The molecule has 2 aromatic rings. The summed E-state index contributed by atoms with van der Waals surface area (Å²) in [6, 6.07) is 2.77. The van der Waals surface area contributed by atoms with E-state index in [9.17, 15) is 9.18 Å². The molecular formula is C9H6FN3O. The zero-order valence-corrected chi connectivity index (χ0v) is 7.07. The van der Waals surface area contributed by atoms with Gasteiger partial charge >= 0.3 is 0 Å². The van der Waals surface area contributed by atoms with Crippen molar-refractivity contribution in [2.45, 2.75) is 0 Å². The maximum Gasteiger partial charge on any atom is 0.167 e. The Morgan fingerprint density at radius 2 is 2.29 bits per heavy atom. The molecule has 2 rings (SSSR count). The standard InChI is InChI=1S/C9H6FN3O/c10-7-2-1-3-11-8(7)9-12-4-6(5-14)13-9/h1-5H,(H,12,13). The van der Waals surface area contributed by atoms with E-state index < -0.39 is 5.82 Å². The molecule has 5 heteroatoms. The lowest BCUT2D eigenvalue weighted by atomic mass is 10.3. The molecule has 0 aliphatic heterocycles. The van der Waals surface area contributed by atoms with Crippen molar-refractivity contribution in [1.29, 1.82) is 0 Å². The van der Waals surface area contributed by atoms with E-state index in [1.54, 1.807) is 0 Å². The lowest BCUT2D eigenvalue weighted by Gasteiger charge is -1.95. The molecule has 0 spiro atoms. The molecule has 0 amide bonds. The summed E-state index contributed by atoms with van der Waals surface area (Å²) >= 11 is 0. The summed E-state index contributed by atoms with van der Waals surface area (Å²) in [4.78, 5) is 20.6. The van der Waals surface area contributed by atoms with Crippen LogP contribution in [0.3, 0.4) is 0 Å². The van der Waals surface area contributed by atoms with Crippen molar-refractivity contribution < 1.29 is 9.18 Å². The first-order valence-corrected chi connectivity index (χ1v) is 3.92. The number of pyridine rings is 1. The Hall–Kier alpha value is -2.04. The van der Waals surface area contributed by atoms with Crippen molar-refractivity contribution in [3.63, 3.8) is 0 Å². The molecule has 0 bridgehead atoms. The van der Waals surface area contributed by atoms with Crippen LogP contribution in [0.25, 0.3) is 11.5 Å². The minimum Gasteiger partial charge on any atom is -0.334 e. The van der Waals surface area contributed by atoms with Crippen LogP contribution in [-0.2, 0) is 0 Å². The molecule has 14 heavy (non-hydrogen) atoms. The fraction of sp³-hybridized carbons (Fsp3) is 0. The Balaban J connectivity index is 2.49. The average molecular weight is 191 g/mol. The first kappa shape index (κ1) is 8.55. The number of aromatic amines is 1. The van der Waals surface area contributed by atoms with Crippen LogP contribution < -0.4 is 0 Å². The molecule has 70 valence electrons. The number of H-pyrrole nitrogens is 1. The third-order valence-electron chi connectivity index (χ3n) is 1.71. The van der Waals surface area contributed by atoms with E-state index in [0.29, 0.717) is 12.0 Å². The van der Waals surface area contributed by atoms with E-state index in [4.69, 9.17) is 0 Å². The highest BCUT2D eigenvalue weighted by molar-refractivity contribution is 5.72. The van der Waals surface area contributed by atoms with Crippen molar-refractivity contribution in [3.8, 4) is 11.5 Å². The molecule has 0 aromatic carbocycles. The molecule has 0 aliphatic rings. The lowest BCUT2D eigenvalue weighted by molar-refractivity contribution is 0.111. The third kappa shape index (κ3) is 1.39. The second kappa shape index (κ2) is 3.37. The maximum atomic E-state index is 13.2. The lowest BCUT2D eigenvalue weighted by Crippen LogP contribution is -1.90. The summed E-state index contributed by atoms with van der Waals surface area (Å²) in [5.41, 5.74) is 0.408. The fourth-order valence-electron chi connectivity index (χ4n) is 1.08. The molecule has 0 fully saturated rings. The van der Waals surface area contributed by atoms with Gasteiger partial charge in [0, 0.05) is 6.20 Å². The van der Waals surface area contributed by atoms with Crippen molar-refractivity contribution >= 4 is 6.29 Å². The number of imidazole rings is 1. The minimum absolute atomic E-state index is 0.112. The van der Waals surface area contributed by atoms with Gasteiger partial charge in [0.05, 0.1) is 11.9 Å². The smallest absolute Gasteiger partial charge is 0.167 e. The maximum absolute atomic E-state index is 13.2. The zero-order chi connectivity index (χ0) is 9.97. The Morgan fingerprint density at radius 3 is 2.93 bits per heavy atom. The van der Waals surface area contributed by atoms with E-state index in [1.165, 1.54) is 24.5 Å². The van der Waals surface area contributed by atoms with Gasteiger partial charge in [0.2, 0.25) is 0 Å². The van der Waals surface area contributed by atoms with Gasteiger partial charge in [-0.2, -0.15) is 0 Å². The first-order chi connectivity index (χ1) is 6.81. The van der Waals surface area contributed by atoms with Crippen LogP contribution in [0.4, 0.5) is 4.39 Å². The normalized spacial score (nSPS) is 10.1. The molecule has 0 saturated carbocycles. The van der Waals surface area contributed by atoms with Crippen LogP contribution in [0.5, 0.6) is 0 Å². The van der Waals surface area contributed by atoms with Gasteiger partial charge in [-0.15, -0.1) is 0 Å². The Morgan fingerprint density at radius 1 is 1.43 bits per heavy atom. The zero-order valence-electron chi connectivity index (χ0n) is 7.07. The number of nitrogens with zero attached hydrogens (tertiary/aromatic N) is 2. The monoisotopic (exact) mass is 191 g/mol. The SMILES string of the molecule is O=Cc1cnc(-c2ncccc2F)[nH]1. The topological polar surface area (TPSA) is 58.6 Å². The molecule has 4 nitrogen and oxygen atoms in total. The van der Waals surface area contributed by atoms with Crippen molar-refractivity contribution in [2.75, 3.05) is 0 Å². The minimum atomic E-state index is -0.473. The van der Waals surface area contributed by atoms with E-state index >= 15 is 0 Å². The molecule has 0 saturated heterocycles. The number of hydrogen-bond acceptors (Lipinski definition) is 3. The number of nitrogens with one attached hydrogen (secondary N) is 1. The summed E-state index contributed by atoms with van der Waals surface area (Å²) in [5.74, 6) is -0.218. The van der Waals surface area contributed by atoms with Gasteiger partial charge in [0.1, 0.15) is 5.69 Å². The molecule has 2 aromatic heterocycles. The highest BCUT2D eigenvalue weighted by Gasteiger charge is 2.08. The predicted molar refractivity (Wildman–Crippen MR) is 47.2 cm³/mol. The molecule has 0 atom stereocenters. The largest absolute Gasteiger partial charge is 0.334 e. The van der Waals surface area contributed by atoms with E-state index in [-0.39, 0.29) is 11.5 Å². The second-order valence-corrected chi connectivity index (χ2v) is 2.64. The Kier molecular flexibility index (Phi) is 2.06. The fourth-order valence-corrected chi connectivity index (χ4v) is 1.08. The third-order valence-corrected chi connectivity index (χ3v) is 1.71. The highest BCUT2D eigenvalue weighted by Crippen LogP contribution is 2.15. The first-order valence-electron chi connectivity index (χ1n) is 3.92. The van der Waals surface area contributed by atoms with Crippen molar-refractivity contribution in [3.05, 3.63) is 36.0 Å². The van der Waals surface area contributed by atoms with Crippen LogP contribution >= 0.6 is 0 Å². The summed E-state index contributed by atoms with van der Waals surface area (Å²) in [5, 5.41) is 0. The van der Waals surface area contributed by atoms with Gasteiger partial charge in [-0.3, -0.25) is 4.79 Å². The number of carbonyl (C=O) groups excluding carboxylic acids is 1. The Labute approximate surface area is 78.8 Å². The van der Waals surface area contributed by atoms with Gasteiger partial charge < -0.3 is 4.98 Å². The van der Waals surface area contributed by atoms with Gasteiger partial charge in [-0.1, -0.05) is 0 Å². The number of aldehydes is 1. The molecule has 0 aliphatic carbocycles. The van der Waals surface area contributed by atoms with Gasteiger partial charge in [-0.05, 0) is 12.1 Å². The van der Waals surface area contributed by atoms with Gasteiger partial charge in [0.25, 0.3) is 0 Å². The highest BCUT2D eigenvalue weighted by atomic mass is 19.1. The molecule has 2 heterocycles. The Bertz CT molecular complexity index is 467. The van der Waals surface area contributed by atoms with Gasteiger partial charge in [-0.25, -0.2) is 14.4 Å². The number of halogens is 1. The summed E-state index contributed by atoms with van der Waals surface area (Å²) < 4.78 is 13.2. The number of hydrogen-bond donors (Lipinski definition) is 1. The number of rotatable bonds is 2. The molecule has 1 N–H and O–H groups in total. The molecular weight excluding hydrogens is 185 g/mol. The van der Waals surface area contributed by atoms with Gasteiger partial charge in [0.15, 0.2) is 17.9 Å². The van der Waals surface area contributed by atoms with Crippen molar-refractivity contribution in [1.82, 2.24) is 15.0 Å². The summed E-state index contributed by atoms with van der Waals surface area (Å²) in [7, 11) is 0. The van der Waals surface area contributed by atoms with Crippen LogP contribution in [-0.4, -0.2) is 21.2 Å². The van der Waals surface area contributed by atoms with Crippen LogP contribution in [0, 0.1) is 5.82 Å². The summed E-state index contributed by atoms with van der Waals surface area (Å²) in [6.45, 7) is 0. The van der Waals surface area contributed by atoms with Crippen LogP contribution in [0.2, 0.25) is 0 Å². The number of carbonyl (C=O) groups is 1. The van der Waals surface area contributed by atoms with E-state index in [2.05, 4.69) is 15.0 Å². The number of aromatic nitrogens is 3. The quantitative estimate of drug-likeness (QED) is 0.730. The van der Waals surface area contributed by atoms with Crippen LogP contribution in [0.15, 0.2) is 24.5 Å². The predicted octanol–water partition coefficient (Wildman–Crippen LogP) is 1.42. The second-order valence-electron chi connectivity index (χ2n) is 2.64. The van der Waals surface area contributed by atoms with Crippen molar-refractivity contribution in [2.24, 2.45) is 0 Å². The van der Waals surface area contributed by atoms with Crippen LogP contribution in [0.1, 0.15) is 10.5 Å².